The Morgan fingerprint density at radius 2 is 1.76 bits per heavy atom. The summed E-state index contributed by atoms with van der Waals surface area (Å²) < 4.78 is 39.5. The van der Waals surface area contributed by atoms with Crippen molar-refractivity contribution in [2.75, 3.05) is 26.8 Å². The molecule has 38 heavy (non-hydrogen) atoms. The van der Waals surface area contributed by atoms with Gasteiger partial charge in [-0.2, -0.15) is 4.31 Å². The van der Waals surface area contributed by atoms with E-state index >= 15 is 0 Å². The number of methoxy groups -OCH3 is 1. The first-order valence-corrected chi connectivity index (χ1v) is 13.6. The highest BCUT2D eigenvalue weighted by atomic mass is 32.2. The molecule has 0 bridgehead atoms. The number of amides is 1. The minimum atomic E-state index is -4.21. The van der Waals surface area contributed by atoms with Gasteiger partial charge < -0.3 is 19.7 Å². The van der Waals surface area contributed by atoms with Crippen molar-refractivity contribution in [3.63, 3.8) is 0 Å². The standard InChI is InChI=1S/C28H38N2O7S/c1-7-16-29(38(34,35)26-15-14-22(36-6)19-25(26)37-17-8-2)20-24(31)23(18-21-12-10-9-11-13-21)30(27(32)33)28(3,4)5/h7-15,19,23-24,31H,1-2,16-18,20H2,3-6H3,(H,32,33)/t23-,24+/m0/s1. The Morgan fingerprint density at radius 1 is 1.11 bits per heavy atom. The number of nitrogens with zero attached hydrogens (tertiary/aromatic N) is 2. The minimum Gasteiger partial charge on any atom is -0.497 e. The lowest BCUT2D eigenvalue weighted by Crippen LogP contribution is -2.58. The topological polar surface area (TPSA) is 117 Å². The lowest BCUT2D eigenvalue weighted by atomic mass is 9.94. The van der Waals surface area contributed by atoms with Crippen LogP contribution >= 0.6 is 0 Å². The van der Waals surface area contributed by atoms with Crippen LogP contribution < -0.4 is 9.47 Å². The monoisotopic (exact) mass is 546 g/mol. The van der Waals surface area contributed by atoms with Crippen LogP contribution in [0.4, 0.5) is 4.79 Å². The zero-order chi connectivity index (χ0) is 28.5. The molecule has 0 fully saturated rings. The van der Waals surface area contributed by atoms with Gasteiger partial charge in [0.2, 0.25) is 10.0 Å². The quantitative estimate of drug-likeness (QED) is 0.341. The van der Waals surface area contributed by atoms with Crippen molar-refractivity contribution < 1.29 is 32.9 Å². The van der Waals surface area contributed by atoms with E-state index in [1.807, 2.05) is 30.3 Å². The molecule has 2 atom stereocenters. The number of aliphatic hydroxyl groups excluding tert-OH is 1. The summed E-state index contributed by atoms with van der Waals surface area (Å²) in [5.74, 6) is 0.471. The molecule has 2 aromatic carbocycles. The number of carboxylic acid groups (broad SMARTS) is 1. The number of rotatable bonds is 14. The van der Waals surface area contributed by atoms with Gasteiger partial charge in [0.1, 0.15) is 23.0 Å². The number of hydrogen-bond donors (Lipinski definition) is 2. The summed E-state index contributed by atoms with van der Waals surface area (Å²) in [5.41, 5.74) is -0.0590. The molecule has 2 aromatic rings. The fraction of sp³-hybridized carbons (Fsp3) is 0.393. The van der Waals surface area contributed by atoms with E-state index in [9.17, 15) is 23.4 Å². The summed E-state index contributed by atoms with van der Waals surface area (Å²) >= 11 is 0. The Bertz CT molecular complexity index is 1190. The third kappa shape index (κ3) is 7.83. The Labute approximate surface area is 225 Å². The number of hydrogen-bond acceptors (Lipinski definition) is 6. The van der Waals surface area contributed by atoms with Crippen LogP contribution in [-0.4, -0.2) is 78.4 Å². The summed E-state index contributed by atoms with van der Waals surface area (Å²) in [6.45, 7) is 12.0. The summed E-state index contributed by atoms with van der Waals surface area (Å²) in [6.07, 6.45) is 0.497. The number of carbonyl (C=O) groups is 1. The molecule has 10 heteroatoms. The van der Waals surface area contributed by atoms with Crippen molar-refractivity contribution in [3.05, 3.63) is 79.4 Å². The second kappa shape index (κ2) is 13.5. The van der Waals surface area contributed by atoms with Crippen molar-refractivity contribution in [3.8, 4) is 11.5 Å². The number of sulfonamides is 1. The largest absolute Gasteiger partial charge is 0.497 e. The number of aliphatic hydroxyl groups is 1. The maximum Gasteiger partial charge on any atom is 0.408 e. The summed E-state index contributed by atoms with van der Waals surface area (Å²) in [6, 6.07) is 12.5. The number of ether oxygens (including phenoxy) is 2. The van der Waals surface area contributed by atoms with Gasteiger partial charge in [0.25, 0.3) is 0 Å². The first kappa shape index (κ1) is 30.9. The van der Waals surface area contributed by atoms with Crippen molar-refractivity contribution in [1.82, 2.24) is 9.21 Å². The molecule has 0 unspecified atom stereocenters. The molecule has 0 aliphatic rings. The van der Waals surface area contributed by atoms with E-state index in [1.165, 1.54) is 42.4 Å². The SMILES string of the molecule is C=CCOc1cc(OC)ccc1S(=O)(=O)N(CC=C)C[C@@H](O)[C@H](Cc1ccccc1)N(C(=O)O)C(C)(C)C. The molecular weight excluding hydrogens is 508 g/mol. The van der Waals surface area contributed by atoms with Crippen LogP contribution in [0.5, 0.6) is 11.5 Å². The minimum absolute atomic E-state index is 0.0653. The molecule has 0 saturated heterocycles. The van der Waals surface area contributed by atoms with E-state index in [2.05, 4.69) is 13.2 Å². The van der Waals surface area contributed by atoms with Crippen molar-refractivity contribution in [2.24, 2.45) is 0 Å². The van der Waals surface area contributed by atoms with E-state index in [1.54, 1.807) is 20.8 Å². The van der Waals surface area contributed by atoms with E-state index in [4.69, 9.17) is 9.47 Å². The number of benzene rings is 2. The first-order valence-electron chi connectivity index (χ1n) is 12.1. The fourth-order valence-electron chi connectivity index (χ4n) is 4.16. The molecule has 0 aromatic heterocycles. The molecule has 0 saturated carbocycles. The Kier molecular flexibility index (Phi) is 10.9. The van der Waals surface area contributed by atoms with E-state index in [0.29, 0.717) is 5.75 Å². The highest BCUT2D eigenvalue weighted by molar-refractivity contribution is 7.89. The highest BCUT2D eigenvalue weighted by Crippen LogP contribution is 2.32. The maximum atomic E-state index is 13.8. The molecule has 0 aliphatic heterocycles. The predicted molar refractivity (Wildman–Crippen MR) is 147 cm³/mol. The molecule has 2 N–H and O–H groups in total. The van der Waals surface area contributed by atoms with Gasteiger partial charge in [0.15, 0.2) is 0 Å². The van der Waals surface area contributed by atoms with Gasteiger partial charge in [-0.3, -0.25) is 4.90 Å². The molecule has 0 radical (unpaired) electrons. The zero-order valence-electron chi connectivity index (χ0n) is 22.4. The van der Waals surface area contributed by atoms with Crippen LogP contribution in [0.15, 0.2) is 78.7 Å². The van der Waals surface area contributed by atoms with Gasteiger partial charge in [-0.05, 0) is 44.9 Å². The van der Waals surface area contributed by atoms with Crippen LogP contribution in [0.3, 0.4) is 0 Å². The fourth-order valence-corrected chi connectivity index (χ4v) is 5.70. The van der Waals surface area contributed by atoms with Crippen LogP contribution in [-0.2, 0) is 16.4 Å². The van der Waals surface area contributed by atoms with Crippen LogP contribution in [0.2, 0.25) is 0 Å². The molecular formula is C28H38N2O7S. The van der Waals surface area contributed by atoms with Gasteiger partial charge in [0.05, 0.1) is 19.3 Å². The van der Waals surface area contributed by atoms with Crippen molar-refractivity contribution in [1.29, 1.82) is 0 Å². The van der Waals surface area contributed by atoms with E-state index in [-0.39, 0.29) is 36.8 Å². The van der Waals surface area contributed by atoms with Crippen LogP contribution in [0, 0.1) is 0 Å². The van der Waals surface area contributed by atoms with Gasteiger partial charge in [0, 0.05) is 24.7 Å². The zero-order valence-corrected chi connectivity index (χ0v) is 23.2. The lowest BCUT2D eigenvalue weighted by Gasteiger charge is -2.42. The normalized spacial score (nSPS) is 13.4. The molecule has 1 amide bonds. The smallest absolute Gasteiger partial charge is 0.408 e. The Hall–Kier alpha value is -3.34. The highest BCUT2D eigenvalue weighted by Gasteiger charge is 2.39. The van der Waals surface area contributed by atoms with E-state index < -0.39 is 33.8 Å². The van der Waals surface area contributed by atoms with Gasteiger partial charge in [-0.15, -0.1) is 6.58 Å². The average Bonchev–Trinajstić information content (AvgIpc) is 2.86. The molecule has 0 spiro atoms. The second-order valence-electron chi connectivity index (χ2n) is 9.67. The Balaban J connectivity index is 2.52. The molecule has 2 rings (SSSR count). The Morgan fingerprint density at radius 3 is 2.29 bits per heavy atom. The first-order chi connectivity index (χ1) is 17.9. The predicted octanol–water partition coefficient (Wildman–Crippen LogP) is 4.19. The van der Waals surface area contributed by atoms with Crippen molar-refractivity contribution >= 4 is 16.1 Å². The molecule has 9 nitrogen and oxygen atoms in total. The van der Waals surface area contributed by atoms with Gasteiger partial charge in [-0.1, -0.05) is 49.1 Å². The summed E-state index contributed by atoms with van der Waals surface area (Å²) in [7, 11) is -2.76. The maximum absolute atomic E-state index is 13.8. The van der Waals surface area contributed by atoms with E-state index in [0.717, 1.165) is 9.87 Å². The third-order valence-electron chi connectivity index (χ3n) is 5.84. The van der Waals surface area contributed by atoms with Gasteiger partial charge >= 0.3 is 6.09 Å². The van der Waals surface area contributed by atoms with Crippen LogP contribution in [0.25, 0.3) is 0 Å². The summed E-state index contributed by atoms with van der Waals surface area (Å²) in [5, 5.41) is 21.5. The molecule has 0 aliphatic carbocycles. The third-order valence-corrected chi connectivity index (χ3v) is 7.71. The summed E-state index contributed by atoms with van der Waals surface area (Å²) in [4.78, 5) is 13.4. The van der Waals surface area contributed by atoms with Crippen molar-refractivity contribution in [2.45, 2.75) is 49.8 Å². The second-order valence-corrected chi connectivity index (χ2v) is 11.6. The van der Waals surface area contributed by atoms with Crippen LogP contribution in [0.1, 0.15) is 26.3 Å². The molecule has 0 heterocycles. The lowest BCUT2D eigenvalue weighted by molar-refractivity contribution is 0.00183. The molecule has 208 valence electrons. The average molecular weight is 547 g/mol. The van der Waals surface area contributed by atoms with Gasteiger partial charge in [-0.25, -0.2) is 13.2 Å².